The predicted octanol–water partition coefficient (Wildman–Crippen LogP) is 2.39. The first-order valence-corrected chi connectivity index (χ1v) is 7.94. The smallest absolute Gasteiger partial charge is 0.245 e. The molecule has 2 amide bonds. The van der Waals surface area contributed by atoms with Crippen LogP contribution in [0.25, 0.3) is 0 Å². The van der Waals surface area contributed by atoms with Crippen LogP contribution in [0.1, 0.15) is 11.3 Å². The van der Waals surface area contributed by atoms with Crippen LogP contribution in [-0.4, -0.2) is 24.6 Å². The lowest BCUT2D eigenvalue weighted by Gasteiger charge is -2.16. The Balaban J connectivity index is 1.60. The van der Waals surface area contributed by atoms with Crippen LogP contribution in [0.4, 0.5) is 10.1 Å². The molecule has 1 aromatic carbocycles. The Labute approximate surface area is 136 Å². The van der Waals surface area contributed by atoms with E-state index < -0.39 is 5.92 Å². The minimum absolute atomic E-state index is 0.123. The summed E-state index contributed by atoms with van der Waals surface area (Å²) in [6.07, 6.45) is 1.69. The molecule has 1 aromatic heterocycles. The molecule has 0 aliphatic carbocycles. The van der Waals surface area contributed by atoms with Crippen LogP contribution < -0.4 is 10.3 Å². The van der Waals surface area contributed by atoms with Crippen molar-refractivity contribution < 1.29 is 14.0 Å². The Morgan fingerprint density at radius 1 is 1.35 bits per heavy atom. The zero-order valence-corrected chi connectivity index (χ0v) is 12.9. The summed E-state index contributed by atoms with van der Waals surface area (Å²) in [5, 5.41) is 5.82. The number of hydrogen-bond donors (Lipinski definition) is 1. The molecule has 7 heteroatoms. The molecule has 0 bridgehead atoms. The second kappa shape index (κ2) is 6.70. The van der Waals surface area contributed by atoms with Crippen molar-refractivity contribution in [3.63, 3.8) is 0 Å². The Bertz CT molecular complexity index is 728. The van der Waals surface area contributed by atoms with Gasteiger partial charge in [-0.25, -0.2) is 9.82 Å². The molecular weight excluding hydrogens is 317 g/mol. The van der Waals surface area contributed by atoms with E-state index in [2.05, 4.69) is 10.5 Å². The highest BCUT2D eigenvalue weighted by molar-refractivity contribution is 7.11. The summed E-state index contributed by atoms with van der Waals surface area (Å²) >= 11 is 1.51. The number of amides is 2. The van der Waals surface area contributed by atoms with Gasteiger partial charge in [0.25, 0.3) is 0 Å². The zero-order chi connectivity index (χ0) is 16.2. The molecule has 1 fully saturated rings. The quantitative estimate of drug-likeness (QED) is 0.691. The van der Waals surface area contributed by atoms with Crippen LogP contribution in [0.5, 0.6) is 0 Å². The minimum atomic E-state index is -0.465. The Hall–Kier alpha value is -2.54. The molecule has 0 spiro atoms. The maximum atomic E-state index is 12.9. The van der Waals surface area contributed by atoms with Crippen LogP contribution in [0.2, 0.25) is 0 Å². The van der Waals surface area contributed by atoms with Gasteiger partial charge in [-0.15, -0.1) is 11.3 Å². The molecule has 5 nitrogen and oxygen atoms in total. The molecule has 0 unspecified atom stereocenters. The lowest BCUT2D eigenvalue weighted by atomic mass is 10.1. The van der Waals surface area contributed by atoms with E-state index in [1.807, 2.05) is 17.5 Å². The van der Waals surface area contributed by atoms with Crippen molar-refractivity contribution in [1.29, 1.82) is 0 Å². The van der Waals surface area contributed by atoms with Crippen molar-refractivity contribution in [2.24, 2.45) is 11.0 Å². The number of carbonyl (C=O) groups is 2. The fraction of sp³-hybridized carbons (Fsp3) is 0.188. The van der Waals surface area contributed by atoms with Crippen LogP contribution >= 0.6 is 11.3 Å². The predicted molar refractivity (Wildman–Crippen MR) is 86.9 cm³/mol. The highest BCUT2D eigenvalue weighted by Gasteiger charge is 2.35. The summed E-state index contributed by atoms with van der Waals surface area (Å²) < 4.78 is 12.9. The number of anilines is 1. The summed E-state index contributed by atoms with van der Waals surface area (Å²) in [7, 11) is 0. The maximum absolute atomic E-state index is 12.9. The molecule has 0 radical (unpaired) electrons. The molecule has 2 heterocycles. The molecule has 2 aromatic rings. The van der Waals surface area contributed by atoms with Gasteiger partial charge in [-0.2, -0.15) is 5.10 Å². The molecule has 3 rings (SSSR count). The third kappa shape index (κ3) is 3.62. The van der Waals surface area contributed by atoms with Crippen molar-refractivity contribution in [3.05, 3.63) is 52.5 Å². The van der Waals surface area contributed by atoms with Crippen molar-refractivity contribution in [3.8, 4) is 0 Å². The van der Waals surface area contributed by atoms with Crippen LogP contribution in [-0.2, 0) is 9.59 Å². The summed E-state index contributed by atoms with van der Waals surface area (Å²) in [5.41, 5.74) is 3.05. The minimum Gasteiger partial charge on any atom is -0.312 e. The van der Waals surface area contributed by atoms with Crippen molar-refractivity contribution in [1.82, 2.24) is 5.43 Å². The van der Waals surface area contributed by atoms with Crippen LogP contribution in [0.15, 0.2) is 46.9 Å². The second-order valence-corrected chi connectivity index (χ2v) is 6.11. The van der Waals surface area contributed by atoms with Gasteiger partial charge in [0.15, 0.2) is 0 Å². The highest BCUT2D eigenvalue weighted by Crippen LogP contribution is 2.25. The fourth-order valence-corrected chi connectivity index (χ4v) is 2.95. The van der Waals surface area contributed by atoms with Crippen molar-refractivity contribution >= 4 is 35.1 Å². The largest absolute Gasteiger partial charge is 0.312 e. The van der Waals surface area contributed by atoms with Gasteiger partial charge in [-0.3, -0.25) is 9.59 Å². The van der Waals surface area contributed by atoms with E-state index in [-0.39, 0.29) is 30.6 Å². The van der Waals surface area contributed by atoms with Gasteiger partial charge in [0, 0.05) is 23.5 Å². The number of hydrazone groups is 1. The van der Waals surface area contributed by atoms with E-state index in [4.69, 9.17) is 0 Å². The van der Waals surface area contributed by atoms with Crippen LogP contribution in [0.3, 0.4) is 0 Å². The number of nitrogens with zero attached hydrogens (tertiary/aromatic N) is 2. The highest BCUT2D eigenvalue weighted by atomic mass is 32.1. The van der Waals surface area contributed by atoms with E-state index in [1.165, 1.54) is 40.5 Å². The molecule has 1 atom stereocenters. The van der Waals surface area contributed by atoms with Crippen molar-refractivity contribution in [2.75, 3.05) is 11.4 Å². The topological polar surface area (TPSA) is 61.8 Å². The van der Waals surface area contributed by atoms with Gasteiger partial charge in [0.2, 0.25) is 11.8 Å². The number of thiophene rings is 1. The summed E-state index contributed by atoms with van der Waals surface area (Å²) in [5.74, 6) is -1.28. The third-order valence-corrected chi connectivity index (χ3v) is 4.35. The Kier molecular flexibility index (Phi) is 4.47. The van der Waals surface area contributed by atoms with E-state index in [0.717, 1.165) is 4.88 Å². The van der Waals surface area contributed by atoms with Gasteiger partial charge < -0.3 is 4.90 Å². The van der Waals surface area contributed by atoms with Gasteiger partial charge >= 0.3 is 0 Å². The molecule has 118 valence electrons. The van der Waals surface area contributed by atoms with Gasteiger partial charge in [-0.05, 0) is 35.7 Å². The van der Waals surface area contributed by atoms with E-state index >= 15 is 0 Å². The number of nitrogens with one attached hydrogen (secondary N) is 1. The molecule has 1 saturated heterocycles. The van der Waals surface area contributed by atoms with Crippen LogP contribution in [0, 0.1) is 11.7 Å². The molecule has 0 saturated carbocycles. The molecule has 1 N–H and O–H groups in total. The lowest BCUT2D eigenvalue weighted by Crippen LogP contribution is -2.30. The maximum Gasteiger partial charge on any atom is 0.245 e. The summed E-state index contributed by atoms with van der Waals surface area (Å²) in [4.78, 5) is 26.6. The lowest BCUT2D eigenvalue weighted by molar-refractivity contribution is -0.126. The summed E-state index contributed by atoms with van der Waals surface area (Å²) in [6.45, 7) is 0.269. The van der Waals surface area contributed by atoms with E-state index in [0.29, 0.717) is 5.69 Å². The Morgan fingerprint density at radius 3 is 2.83 bits per heavy atom. The number of hydrogen-bond acceptors (Lipinski definition) is 4. The number of halogens is 1. The fourth-order valence-electron chi connectivity index (χ4n) is 2.37. The summed E-state index contributed by atoms with van der Waals surface area (Å²) in [6, 6.07) is 9.42. The average Bonchev–Trinajstić information content (AvgIpc) is 3.18. The van der Waals surface area contributed by atoms with E-state index in [1.54, 1.807) is 6.21 Å². The first-order chi connectivity index (χ1) is 11.1. The molecule has 1 aliphatic heterocycles. The Morgan fingerprint density at radius 2 is 2.13 bits per heavy atom. The number of benzene rings is 1. The first-order valence-electron chi connectivity index (χ1n) is 7.06. The van der Waals surface area contributed by atoms with Gasteiger partial charge in [0.1, 0.15) is 5.82 Å². The standard InChI is InChI=1S/C16H14FN3O2S/c17-12-3-5-13(6-4-12)20-10-11(8-15(20)21)16(22)19-18-9-14-2-1-7-23-14/h1-7,9,11H,8,10H2,(H,19,22)/b18-9-/t11-/m1/s1. The normalized spacial score (nSPS) is 17.9. The molecule has 23 heavy (non-hydrogen) atoms. The van der Waals surface area contributed by atoms with Crippen molar-refractivity contribution in [2.45, 2.75) is 6.42 Å². The first kappa shape index (κ1) is 15.4. The SMILES string of the molecule is O=C(N/N=C\c1cccs1)[C@@H]1CC(=O)N(c2ccc(F)cc2)C1. The monoisotopic (exact) mass is 331 g/mol. The van der Waals surface area contributed by atoms with Gasteiger partial charge in [0.05, 0.1) is 12.1 Å². The third-order valence-electron chi connectivity index (χ3n) is 3.54. The van der Waals surface area contributed by atoms with E-state index in [9.17, 15) is 14.0 Å². The molecule has 1 aliphatic rings. The second-order valence-electron chi connectivity index (χ2n) is 5.13. The molecular formula is C16H14FN3O2S. The number of carbonyl (C=O) groups excluding carboxylic acids is 2. The zero-order valence-electron chi connectivity index (χ0n) is 12.1. The van der Waals surface area contributed by atoms with Gasteiger partial charge in [-0.1, -0.05) is 6.07 Å². The average molecular weight is 331 g/mol. The number of rotatable bonds is 4.